The molecule has 0 saturated carbocycles. The average Bonchev–Trinajstić information content (AvgIpc) is 2.97. The highest BCUT2D eigenvalue weighted by Crippen LogP contribution is 2.18. The van der Waals surface area contributed by atoms with Gasteiger partial charge in [-0.3, -0.25) is 9.48 Å². The molecule has 2 rings (SSSR count). The van der Waals surface area contributed by atoms with E-state index in [2.05, 4.69) is 15.2 Å². The Labute approximate surface area is 122 Å². The number of anilines is 1. The second-order valence-corrected chi connectivity index (χ2v) is 4.53. The van der Waals surface area contributed by atoms with Crippen molar-refractivity contribution in [3.8, 4) is 0 Å². The summed E-state index contributed by atoms with van der Waals surface area (Å²) in [4.78, 5) is 23.7. The quantitative estimate of drug-likeness (QED) is 0.875. The summed E-state index contributed by atoms with van der Waals surface area (Å²) in [6, 6.07) is 6.66. The number of amides is 1. The van der Waals surface area contributed by atoms with E-state index in [-0.39, 0.29) is 5.91 Å². The van der Waals surface area contributed by atoms with Crippen LogP contribution in [0.25, 0.3) is 0 Å². The fourth-order valence-corrected chi connectivity index (χ4v) is 1.85. The number of methoxy groups -OCH3 is 1. The van der Waals surface area contributed by atoms with Gasteiger partial charge in [-0.15, -0.1) is 0 Å². The van der Waals surface area contributed by atoms with Gasteiger partial charge in [0.05, 0.1) is 12.7 Å². The molecule has 0 bridgehead atoms. The third-order valence-electron chi connectivity index (χ3n) is 3.10. The van der Waals surface area contributed by atoms with E-state index in [0.717, 1.165) is 5.56 Å². The first-order valence-electron chi connectivity index (χ1n) is 6.59. The Morgan fingerprint density at radius 1 is 1.33 bits per heavy atom. The van der Waals surface area contributed by atoms with Crippen LogP contribution in [0.15, 0.2) is 30.5 Å². The predicted octanol–water partition coefficient (Wildman–Crippen LogP) is 2.25. The van der Waals surface area contributed by atoms with Crippen molar-refractivity contribution in [2.45, 2.75) is 20.4 Å². The molecule has 21 heavy (non-hydrogen) atoms. The Morgan fingerprint density at radius 3 is 2.71 bits per heavy atom. The van der Waals surface area contributed by atoms with Crippen molar-refractivity contribution in [1.82, 2.24) is 9.78 Å². The molecule has 0 unspecified atom stereocenters. The number of hydrogen-bond acceptors (Lipinski definition) is 4. The summed E-state index contributed by atoms with van der Waals surface area (Å²) in [7, 11) is 1.32. The van der Waals surface area contributed by atoms with Crippen molar-refractivity contribution in [3.63, 3.8) is 0 Å². The van der Waals surface area contributed by atoms with Crippen molar-refractivity contribution < 1.29 is 14.3 Å². The summed E-state index contributed by atoms with van der Waals surface area (Å²) < 4.78 is 6.34. The van der Waals surface area contributed by atoms with Crippen LogP contribution in [-0.4, -0.2) is 28.8 Å². The van der Waals surface area contributed by atoms with Gasteiger partial charge in [0.2, 0.25) is 0 Å². The average molecular weight is 287 g/mol. The number of ether oxygens (including phenoxy) is 1. The molecule has 0 radical (unpaired) electrons. The molecule has 0 spiro atoms. The van der Waals surface area contributed by atoms with E-state index in [1.807, 2.05) is 13.8 Å². The SMILES string of the molecule is CCn1ccc(C(=O)Nc2cc(C(=O)OC)ccc2C)n1. The maximum absolute atomic E-state index is 12.1. The van der Waals surface area contributed by atoms with Gasteiger partial charge < -0.3 is 10.1 Å². The van der Waals surface area contributed by atoms with Crippen molar-refractivity contribution in [2.75, 3.05) is 12.4 Å². The first-order chi connectivity index (χ1) is 10.0. The number of carbonyl (C=O) groups excluding carboxylic acids is 2. The highest BCUT2D eigenvalue weighted by Gasteiger charge is 2.13. The van der Waals surface area contributed by atoms with E-state index < -0.39 is 5.97 Å². The predicted molar refractivity (Wildman–Crippen MR) is 78.4 cm³/mol. The Balaban J connectivity index is 2.22. The second-order valence-electron chi connectivity index (χ2n) is 4.53. The molecule has 1 aromatic heterocycles. The molecule has 2 aromatic rings. The third-order valence-corrected chi connectivity index (χ3v) is 3.10. The summed E-state index contributed by atoms with van der Waals surface area (Å²) in [5, 5.41) is 6.90. The van der Waals surface area contributed by atoms with Gasteiger partial charge in [-0.05, 0) is 37.6 Å². The standard InChI is InChI=1S/C15H17N3O3/c1-4-18-8-7-12(17-18)14(19)16-13-9-11(15(20)21-3)6-5-10(13)2/h5-9H,4H2,1-3H3,(H,16,19). The molecule has 6 heteroatoms. The number of hydrogen-bond donors (Lipinski definition) is 1. The van der Waals surface area contributed by atoms with Gasteiger partial charge in [0.1, 0.15) is 0 Å². The summed E-state index contributed by atoms with van der Waals surface area (Å²) in [5.41, 5.74) is 2.14. The fourth-order valence-electron chi connectivity index (χ4n) is 1.85. The molecule has 0 atom stereocenters. The highest BCUT2D eigenvalue weighted by atomic mass is 16.5. The fraction of sp³-hybridized carbons (Fsp3) is 0.267. The first kappa shape index (κ1) is 14.8. The monoisotopic (exact) mass is 287 g/mol. The van der Waals surface area contributed by atoms with Gasteiger partial charge >= 0.3 is 5.97 Å². The lowest BCUT2D eigenvalue weighted by Crippen LogP contribution is -2.15. The minimum Gasteiger partial charge on any atom is -0.465 e. The summed E-state index contributed by atoms with van der Waals surface area (Å²) >= 11 is 0. The topological polar surface area (TPSA) is 73.2 Å². The van der Waals surface area contributed by atoms with Crippen LogP contribution in [0, 0.1) is 6.92 Å². The number of aromatic nitrogens is 2. The van der Waals surface area contributed by atoms with Crippen LogP contribution >= 0.6 is 0 Å². The smallest absolute Gasteiger partial charge is 0.337 e. The Kier molecular flexibility index (Phi) is 4.37. The maximum atomic E-state index is 12.1. The molecule has 1 N–H and O–H groups in total. The van der Waals surface area contributed by atoms with Crippen LogP contribution in [0.2, 0.25) is 0 Å². The maximum Gasteiger partial charge on any atom is 0.337 e. The number of rotatable bonds is 4. The van der Waals surface area contributed by atoms with Crippen molar-refractivity contribution >= 4 is 17.6 Å². The van der Waals surface area contributed by atoms with Crippen LogP contribution in [0.1, 0.15) is 33.3 Å². The van der Waals surface area contributed by atoms with Crippen LogP contribution in [0.3, 0.4) is 0 Å². The summed E-state index contributed by atoms with van der Waals surface area (Å²) in [6.45, 7) is 4.49. The lowest BCUT2D eigenvalue weighted by molar-refractivity contribution is 0.0600. The van der Waals surface area contributed by atoms with E-state index in [1.165, 1.54) is 7.11 Å². The van der Waals surface area contributed by atoms with E-state index in [1.54, 1.807) is 35.1 Å². The molecule has 0 aliphatic carbocycles. The van der Waals surface area contributed by atoms with Gasteiger partial charge in [0.15, 0.2) is 5.69 Å². The number of nitrogens with zero attached hydrogens (tertiary/aromatic N) is 2. The highest BCUT2D eigenvalue weighted by molar-refractivity contribution is 6.04. The molecule has 0 fully saturated rings. The molecular formula is C15H17N3O3. The molecule has 0 saturated heterocycles. The zero-order valence-electron chi connectivity index (χ0n) is 12.2. The van der Waals surface area contributed by atoms with Gasteiger partial charge in [-0.2, -0.15) is 5.10 Å². The van der Waals surface area contributed by atoms with Gasteiger partial charge in [0.25, 0.3) is 5.91 Å². The summed E-state index contributed by atoms with van der Waals surface area (Å²) in [5.74, 6) is -0.756. The largest absolute Gasteiger partial charge is 0.465 e. The molecule has 6 nitrogen and oxygen atoms in total. The molecule has 110 valence electrons. The summed E-state index contributed by atoms with van der Waals surface area (Å²) in [6.07, 6.45) is 1.74. The van der Waals surface area contributed by atoms with E-state index in [0.29, 0.717) is 23.5 Å². The van der Waals surface area contributed by atoms with Gasteiger partial charge in [0, 0.05) is 18.4 Å². The Hall–Kier alpha value is -2.63. The van der Waals surface area contributed by atoms with E-state index in [9.17, 15) is 9.59 Å². The van der Waals surface area contributed by atoms with Crippen LogP contribution in [0.4, 0.5) is 5.69 Å². The minimum atomic E-state index is -0.444. The van der Waals surface area contributed by atoms with Gasteiger partial charge in [-0.1, -0.05) is 6.07 Å². The lowest BCUT2D eigenvalue weighted by Gasteiger charge is -2.09. The Bertz CT molecular complexity index is 677. The van der Waals surface area contributed by atoms with Crippen molar-refractivity contribution in [1.29, 1.82) is 0 Å². The molecule has 0 aliphatic rings. The molecular weight excluding hydrogens is 270 g/mol. The number of esters is 1. The van der Waals surface area contributed by atoms with Crippen LogP contribution in [-0.2, 0) is 11.3 Å². The van der Waals surface area contributed by atoms with Crippen LogP contribution < -0.4 is 5.32 Å². The van der Waals surface area contributed by atoms with E-state index in [4.69, 9.17) is 0 Å². The zero-order valence-corrected chi connectivity index (χ0v) is 12.2. The molecule has 1 amide bonds. The number of carbonyl (C=O) groups is 2. The lowest BCUT2D eigenvalue weighted by atomic mass is 10.1. The third kappa shape index (κ3) is 3.28. The zero-order chi connectivity index (χ0) is 15.4. The molecule has 1 heterocycles. The number of benzene rings is 1. The first-order valence-corrected chi connectivity index (χ1v) is 6.59. The van der Waals surface area contributed by atoms with Gasteiger partial charge in [-0.25, -0.2) is 4.79 Å². The van der Waals surface area contributed by atoms with Crippen molar-refractivity contribution in [3.05, 3.63) is 47.3 Å². The second kappa shape index (κ2) is 6.21. The Morgan fingerprint density at radius 2 is 2.10 bits per heavy atom. The van der Waals surface area contributed by atoms with Crippen molar-refractivity contribution in [2.24, 2.45) is 0 Å². The number of aryl methyl sites for hydroxylation is 2. The molecule has 0 aliphatic heterocycles. The normalized spacial score (nSPS) is 10.2. The number of nitrogens with one attached hydrogen (secondary N) is 1. The minimum absolute atomic E-state index is 0.313. The van der Waals surface area contributed by atoms with Crippen LogP contribution in [0.5, 0.6) is 0 Å². The van der Waals surface area contributed by atoms with E-state index >= 15 is 0 Å². The molecule has 1 aromatic carbocycles.